The molecule has 40 valence electrons. The van der Waals surface area contributed by atoms with Gasteiger partial charge >= 0.3 is 0 Å². The first kappa shape index (κ1) is 3.90. The lowest BCUT2D eigenvalue weighted by Gasteiger charge is -2.23. The van der Waals surface area contributed by atoms with Gasteiger partial charge < -0.3 is 5.32 Å². The van der Waals surface area contributed by atoms with Crippen LogP contribution in [-0.4, -0.2) is 13.1 Å². The highest BCUT2D eigenvalue weighted by Crippen LogP contribution is 2.55. The molecule has 0 aliphatic heterocycles. The third-order valence-corrected chi connectivity index (χ3v) is 2.42. The first-order valence-electron chi connectivity index (χ1n) is 3.09. The van der Waals surface area contributed by atoms with Crippen molar-refractivity contribution in [3.8, 4) is 0 Å². The SMILES string of the molecule is CNC1CC2CC21. The summed E-state index contributed by atoms with van der Waals surface area (Å²) in [6.45, 7) is 0. The van der Waals surface area contributed by atoms with Gasteiger partial charge in [-0.25, -0.2) is 0 Å². The molecule has 0 radical (unpaired) electrons. The number of hydrogen-bond donors (Lipinski definition) is 1. The minimum absolute atomic E-state index is 0.907. The number of nitrogens with one attached hydrogen (secondary N) is 1. The van der Waals surface area contributed by atoms with Crippen LogP contribution in [0, 0.1) is 11.8 Å². The predicted octanol–water partition coefficient (Wildman–Crippen LogP) is 0.614. The Hall–Kier alpha value is -0.0400. The molecule has 0 saturated heterocycles. The van der Waals surface area contributed by atoms with Crippen molar-refractivity contribution in [3.05, 3.63) is 0 Å². The standard InChI is InChI=1S/C6H11N/c1-7-6-3-4-2-5(4)6/h4-7H,2-3H2,1H3. The van der Waals surface area contributed by atoms with Crippen LogP contribution in [0.25, 0.3) is 0 Å². The molecule has 7 heavy (non-hydrogen) atoms. The van der Waals surface area contributed by atoms with Gasteiger partial charge in [-0.2, -0.15) is 0 Å². The molecular weight excluding hydrogens is 86.1 g/mol. The fourth-order valence-electron chi connectivity index (χ4n) is 1.67. The Labute approximate surface area is 44.1 Å². The molecule has 0 bridgehead atoms. The second-order valence-electron chi connectivity index (χ2n) is 2.79. The summed E-state index contributed by atoms with van der Waals surface area (Å²) in [6.07, 6.45) is 2.98. The molecule has 3 unspecified atom stereocenters. The first-order valence-corrected chi connectivity index (χ1v) is 3.09. The van der Waals surface area contributed by atoms with Crippen molar-refractivity contribution in [3.63, 3.8) is 0 Å². The maximum Gasteiger partial charge on any atom is 0.00978 e. The van der Waals surface area contributed by atoms with Crippen molar-refractivity contribution in [2.24, 2.45) is 11.8 Å². The van der Waals surface area contributed by atoms with E-state index in [1.165, 1.54) is 12.8 Å². The van der Waals surface area contributed by atoms with E-state index in [0.717, 1.165) is 17.9 Å². The van der Waals surface area contributed by atoms with Gasteiger partial charge in [0.15, 0.2) is 0 Å². The smallest absolute Gasteiger partial charge is 0.00978 e. The van der Waals surface area contributed by atoms with Crippen LogP contribution in [0.4, 0.5) is 0 Å². The number of hydrogen-bond acceptors (Lipinski definition) is 1. The maximum absolute atomic E-state index is 3.29. The van der Waals surface area contributed by atoms with Crippen molar-refractivity contribution in [1.82, 2.24) is 5.32 Å². The van der Waals surface area contributed by atoms with E-state index >= 15 is 0 Å². The minimum Gasteiger partial charge on any atom is -0.317 e. The Morgan fingerprint density at radius 3 is 2.43 bits per heavy atom. The van der Waals surface area contributed by atoms with Crippen molar-refractivity contribution in [2.45, 2.75) is 18.9 Å². The van der Waals surface area contributed by atoms with Crippen LogP contribution in [0.3, 0.4) is 0 Å². The number of fused-ring (bicyclic) bond motifs is 1. The van der Waals surface area contributed by atoms with Gasteiger partial charge in [-0.15, -0.1) is 0 Å². The summed E-state index contributed by atoms with van der Waals surface area (Å²) in [4.78, 5) is 0. The predicted molar refractivity (Wildman–Crippen MR) is 29.1 cm³/mol. The molecule has 1 heteroatoms. The second kappa shape index (κ2) is 1.03. The molecule has 2 aliphatic rings. The van der Waals surface area contributed by atoms with Crippen LogP contribution in [-0.2, 0) is 0 Å². The van der Waals surface area contributed by atoms with E-state index in [2.05, 4.69) is 12.4 Å². The van der Waals surface area contributed by atoms with Crippen LogP contribution in [0.1, 0.15) is 12.8 Å². The normalized spacial score (nSPS) is 55.3. The molecule has 2 saturated carbocycles. The van der Waals surface area contributed by atoms with Crippen LogP contribution < -0.4 is 5.32 Å². The molecule has 2 aliphatic carbocycles. The molecule has 0 aromatic rings. The Morgan fingerprint density at radius 2 is 2.29 bits per heavy atom. The van der Waals surface area contributed by atoms with Gasteiger partial charge in [-0.05, 0) is 31.7 Å². The van der Waals surface area contributed by atoms with E-state index < -0.39 is 0 Å². The summed E-state index contributed by atoms with van der Waals surface area (Å²) in [5, 5.41) is 3.29. The molecule has 2 fully saturated rings. The van der Waals surface area contributed by atoms with E-state index in [-0.39, 0.29) is 0 Å². The lowest BCUT2D eigenvalue weighted by molar-refractivity contribution is 0.335. The molecule has 2 rings (SSSR count). The van der Waals surface area contributed by atoms with Crippen molar-refractivity contribution < 1.29 is 0 Å². The van der Waals surface area contributed by atoms with Crippen molar-refractivity contribution in [1.29, 1.82) is 0 Å². The molecule has 3 atom stereocenters. The minimum atomic E-state index is 0.907. The van der Waals surface area contributed by atoms with Crippen LogP contribution >= 0.6 is 0 Å². The molecule has 0 aromatic heterocycles. The fraction of sp³-hybridized carbons (Fsp3) is 1.00. The van der Waals surface area contributed by atoms with E-state index in [0.29, 0.717) is 0 Å². The third-order valence-electron chi connectivity index (χ3n) is 2.42. The summed E-state index contributed by atoms with van der Waals surface area (Å²) in [5.74, 6) is 2.25. The fourth-order valence-corrected chi connectivity index (χ4v) is 1.67. The van der Waals surface area contributed by atoms with Gasteiger partial charge in [0.25, 0.3) is 0 Å². The molecular formula is C6H11N. The maximum atomic E-state index is 3.29. The van der Waals surface area contributed by atoms with E-state index in [1.54, 1.807) is 0 Å². The van der Waals surface area contributed by atoms with E-state index in [4.69, 9.17) is 0 Å². The van der Waals surface area contributed by atoms with Gasteiger partial charge in [0.05, 0.1) is 0 Å². The summed E-state index contributed by atoms with van der Waals surface area (Å²) < 4.78 is 0. The Morgan fingerprint density at radius 1 is 1.43 bits per heavy atom. The Kier molecular flexibility index (Phi) is 0.571. The summed E-state index contributed by atoms with van der Waals surface area (Å²) in [6, 6.07) is 0.907. The van der Waals surface area contributed by atoms with Crippen molar-refractivity contribution in [2.75, 3.05) is 7.05 Å². The molecule has 1 N–H and O–H groups in total. The average molecular weight is 97.2 g/mol. The second-order valence-corrected chi connectivity index (χ2v) is 2.79. The average Bonchev–Trinajstić information content (AvgIpc) is 2.18. The van der Waals surface area contributed by atoms with Crippen LogP contribution in [0.15, 0.2) is 0 Å². The Bertz CT molecular complexity index is 90.2. The summed E-state index contributed by atoms with van der Waals surface area (Å²) in [5.41, 5.74) is 0. The van der Waals surface area contributed by atoms with Crippen molar-refractivity contribution >= 4 is 0 Å². The third kappa shape index (κ3) is 0.367. The summed E-state index contributed by atoms with van der Waals surface area (Å²) in [7, 11) is 2.07. The highest BCUT2D eigenvalue weighted by Gasteiger charge is 2.52. The topological polar surface area (TPSA) is 12.0 Å². The van der Waals surface area contributed by atoms with Gasteiger partial charge in [0.1, 0.15) is 0 Å². The zero-order chi connectivity index (χ0) is 4.85. The van der Waals surface area contributed by atoms with Crippen LogP contribution in [0.2, 0.25) is 0 Å². The van der Waals surface area contributed by atoms with E-state index in [9.17, 15) is 0 Å². The molecule has 0 spiro atoms. The number of rotatable bonds is 1. The van der Waals surface area contributed by atoms with E-state index in [1.807, 2.05) is 0 Å². The van der Waals surface area contributed by atoms with Gasteiger partial charge in [-0.3, -0.25) is 0 Å². The largest absolute Gasteiger partial charge is 0.317 e. The highest BCUT2D eigenvalue weighted by atomic mass is 14.9. The van der Waals surface area contributed by atoms with Gasteiger partial charge in [0, 0.05) is 6.04 Å². The lowest BCUT2D eigenvalue weighted by Crippen LogP contribution is -2.34. The zero-order valence-electron chi connectivity index (χ0n) is 4.65. The van der Waals surface area contributed by atoms with Crippen LogP contribution in [0.5, 0.6) is 0 Å². The van der Waals surface area contributed by atoms with Gasteiger partial charge in [-0.1, -0.05) is 0 Å². The Balaban J connectivity index is 1.92. The molecule has 1 nitrogen and oxygen atoms in total. The molecule has 0 amide bonds. The zero-order valence-corrected chi connectivity index (χ0v) is 4.65. The lowest BCUT2D eigenvalue weighted by atomic mass is 9.94. The first-order chi connectivity index (χ1) is 3.42. The monoisotopic (exact) mass is 97.1 g/mol. The van der Waals surface area contributed by atoms with Gasteiger partial charge in [0.2, 0.25) is 0 Å². The quantitative estimate of drug-likeness (QED) is 0.505. The summed E-state index contributed by atoms with van der Waals surface area (Å²) >= 11 is 0. The molecule has 0 aromatic carbocycles. The molecule has 0 heterocycles. The highest BCUT2D eigenvalue weighted by molar-refractivity contribution is 5.06.